The second kappa shape index (κ2) is 6.38. The quantitative estimate of drug-likeness (QED) is 0.454. The van der Waals surface area contributed by atoms with Crippen LogP contribution in [0, 0.1) is 6.92 Å². The maximum Gasteiger partial charge on any atom is 0.312 e. The third kappa shape index (κ3) is 3.30. The van der Waals surface area contributed by atoms with Gasteiger partial charge in [-0.1, -0.05) is 11.6 Å². The average molecular weight is 304 g/mol. The molecule has 1 aromatic carbocycles. The lowest BCUT2D eigenvalue weighted by atomic mass is 10.1. The number of aryl methyl sites for hydroxylation is 1. The molecule has 22 heavy (non-hydrogen) atoms. The maximum absolute atomic E-state index is 12.2. The Morgan fingerprint density at radius 3 is 2.55 bits per heavy atom. The van der Waals surface area contributed by atoms with E-state index in [0.717, 1.165) is 10.5 Å². The smallest absolute Gasteiger partial charge is 0.312 e. The lowest BCUT2D eigenvalue weighted by molar-refractivity contribution is -0.140. The van der Waals surface area contributed by atoms with Gasteiger partial charge in [-0.2, -0.15) is 0 Å². The highest BCUT2D eigenvalue weighted by atomic mass is 16.4. The van der Waals surface area contributed by atoms with Crippen molar-refractivity contribution in [1.29, 1.82) is 0 Å². The van der Waals surface area contributed by atoms with Gasteiger partial charge in [-0.3, -0.25) is 24.1 Å². The third-order valence-corrected chi connectivity index (χ3v) is 3.32. The molecule has 1 aliphatic heterocycles. The van der Waals surface area contributed by atoms with E-state index < -0.39 is 18.3 Å². The van der Waals surface area contributed by atoms with Gasteiger partial charge in [0.25, 0.3) is 11.8 Å². The molecule has 0 unspecified atom stereocenters. The van der Waals surface area contributed by atoms with Crippen molar-refractivity contribution in [3.63, 3.8) is 0 Å². The van der Waals surface area contributed by atoms with Gasteiger partial charge in [0.15, 0.2) is 0 Å². The van der Waals surface area contributed by atoms with Crippen LogP contribution in [0.25, 0.3) is 0 Å². The van der Waals surface area contributed by atoms with Crippen molar-refractivity contribution in [3.05, 3.63) is 34.9 Å². The minimum Gasteiger partial charge on any atom is -0.481 e. The number of nitrogens with one attached hydrogen (secondary N) is 1. The molecule has 0 spiro atoms. The number of carboxylic acids is 1. The summed E-state index contributed by atoms with van der Waals surface area (Å²) in [5.41, 5.74) is 1.70. The molecule has 7 heteroatoms. The van der Waals surface area contributed by atoms with E-state index in [9.17, 15) is 19.2 Å². The fourth-order valence-electron chi connectivity index (χ4n) is 2.27. The van der Waals surface area contributed by atoms with E-state index in [4.69, 9.17) is 5.11 Å². The van der Waals surface area contributed by atoms with E-state index in [2.05, 4.69) is 5.32 Å². The molecule has 0 aliphatic carbocycles. The monoisotopic (exact) mass is 304 g/mol. The van der Waals surface area contributed by atoms with Gasteiger partial charge in [0.2, 0.25) is 5.91 Å². The first-order valence-corrected chi connectivity index (χ1v) is 6.85. The summed E-state index contributed by atoms with van der Waals surface area (Å²) in [5, 5.41) is 10.9. The molecule has 0 saturated heterocycles. The minimum absolute atomic E-state index is 0.179. The average Bonchev–Trinajstić information content (AvgIpc) is 2.66. The number of carbonyl (C=O) groups excluding carboxylic acids is 3. The lowest BCUT2D eigenvalue weighted by Gasteiger charge is -2.13. The molecular formula is C15H16N2O5. The second-order valence-electron chi connectivity index (χ2n) is 5.09. The summed E-state index contributed by atoms with van der Waals surface area (Å²) in [7, 11) is 0. The van der Waals surface area contributed by atoms with Crippen LogP contribution in [-0.4, -0.2) is 46.8 Å². The number of carbonyl (C=O) groups is 4. The van der Waals surface area contributed by atoms with E-state index in [1.165, 1.54) is 0 Å². The van der Waals surface area contributed by atoms with Crippen LogP contribution in [0.2, 0.25) is 0 Å². The van der Waals surface area contributed by atoms with Crippen LogP contribution in [0.1, 0.15) is 39.1 Å². The molecule has 1 aliphatic rings. The minimum atomic E-state index is -1.20. The molecule has 1 aromatic rings. The Kier molecular flexibility index (Phi) is 4.55. The number of hydrogen-bond acceptors (Lipinski definition) is 4. The van der Waals surface area contributed by atoms with Gasteiger partial charge in [0.1, 0.15) is 6.42 Å². The number of nitrogens with zero attached hydrogens (tertiary/aromatic N) is 1. The van der Waals surface area contributed by atoms with E-state index in [1.54, 1.807) is 18.2 Å². The van der Waals surface area contributed by atoms with Gasteiger partial charge < -0.3 is 10.4 Å². The zero-order valence-corrected chi connectivity index (χ0v) is 12.1. The Labute approximate surface area is 126 Å². The van der Waals surface area contributed by atoms with Crippen molar-refractivity contribution in [3.8, 4) is 0 Å². The first kappa shape index (κ1) is 15.7. The van der Waals surface area contributed by atoms with Crippen LogP contribution in [0.4, 0.5) is 0 Å². The summed E-state index contributed by atoms with van der Waals surface area (Å²) in [6.45, 7) is 2.23. The molecule has 0 aromatic heterocycles. The largest absolute Gasteiger partial charge is 0.481 e. The highest BCUT2D eigenvalue weighted by Crippen LogP contribution is 2.23. The topological polar surface area (TPSA) is 104 Å². The predicted octanol–water partition coefficient (Wildman–Crippen LogP) is 0.572. The highest BCUT2D eigenvalue weighted by molar-refractivity contribution is 6.21. The van der Waals surface area contributed by atoms with Crippen molar-refractivity contribution >= 4 is 23.7 Å². The number of imide groups is 1. The second-order valence-corrected chi connectivity index (χ2v) is 5.09. The van der Waals surface area contributed by atoms with E-state index in [1.807, 2.05) is 6.92 Å². The Morgan fingerprint density at radius 2 is 1.86 bits per heavy atom. The molecule has 2 rings (SSSR count). The molecule has 0 atom stereocenters. The van der Waals surface area contributed by atoms with E-state index in [-0.39, 0.29) is 24.9 Å². The number of fused-ring (bicyclic) bond motifs is 1. The highest BCUT2D eigenvalue weighted by Gasteiger charge is 2.34. The SMILES string of the molecule is Cc1ccc2c(c1)C(=O)N(CCCNC(=O)CC(=O)O)C2=O. The molecule has 1 heterocycles. The fourth-order valence-corrected chi connectivity index (χ4v) is 2.27. The molecule has 0 bridgehead atoms. The Hall–Kier alpha value is -2.70. The number of rotatable bonds is 6. The van der Waals surface area contributed by atoms with Crippen LogP contribution in [-0.2, 0) is 9.59 Å². The van der Waals surface area contributed by atoms with Gasteiger partial charge >= 0.3 is 5.97 Å². The number of hydrogen-bond donors (Lipinski definition) is 2. The first-order chi connectivity index (χ1) is 10.4. The molecule has 0 saturated carbocycles. The molecular weight excluding hydrogens is 288 g/mol. The van der Waals surface area contributed by atoms with Crippen LogP contribution in [0.15, 0.2) is 18.2 Å². The van der Waals surface area contributed by atoms with Gasteiger partial charge in [0, 0.05) is 13.1 Å². The number of benzene rings is 1. The number of carboxylic acid groups (broad SMARTS) is 1. The first-order valence-electron chi connectivity index (χ1n) is 6.85. The van der Waals surface area contributed by atoms with Crippen LogP contribution in [0.3, 0.4) is 0 Å². The standard InChI is InChI=1S/C15H16N2O5/c1-9-3-4-10-11(7-9)15(22)17(14(10)21)6-2-5-16-12(18)8-13(19)20/h3-4,7H,2,5-6,8H2,1H3,(H,16,18)(H,19,20). The Morgan fingerprint density at radius 1 is 1.18 bits per heavy atom. The van der Waals surface area contributed by atoms with Crippen molar-refractivity contribution in [2.45, 2.75) is 19.8 Å². The predicted molar refractivity (Wildman–Crippen MR) is 76.4 cm³/mol. The molecule has 7 nitrogen and oxygen atoms in total. The Balaban J connectivity index is 1.88. The zero-order valence-electron chi connectivity index (χ0n) is 12.1. The Bertz CT molecular complexity index is 653. The van der Waals surface area contributed by atoms with Gasteiger partial charge in [-0.05, 0) is 25.5 Å². The van der Waals surface area contributed by atoms with Crippen LogP contribution < -0.4 is 5.32 Å². The van der Waals surface area contributed by atoms with Crippen LogP contribution >= 0.6 is 0 Å². The normalized spacial score (nSPS) is 13.2. The van der Waals surface area contributed by atoms with Gasteiger partial charge in [0.05, 0.1) is 11.1 Å². The van der Waals surface area contributed by atoms with Gasteiger partial charge in [-0.25, -0.2) is 0 Å². The summed E-state index contributed by atoms with van der Waals surface area (Å²) in [6, 6.07) is 5.10. The summed E-state index contributed by atoms with van der Waals surface area (Å²) < 4.78 is 0. The van der Waals surface area contributed by atoms with Crippen molar-refractivity contribution in [2.24, 2.45) is 0 Å². The summed E-state index contributed by atoms with van der Waals surface area (Å²) in [4.78, 5) is 46.9. The van der Waals surface area contributed by atoms with E-state index in [0.29, 0.717) is 17.5 Å². The third-order valence-electron chi connectivity index (χ3n) is 3.32. The molecule has 3 amide bonds. The fraction of sp³-hybridized carbons (Fsp3) is 0.333. The van der Waals surface area contributed by atoms with Crippen molar-refractivity contribution < 1.29 is 24.3 Å². The summed E-state index contributed by atoms with van der Waals surface area (Å²) in [6.07, 6.45) is -0.220. The molecule has 0 fully saturated rings. The number of amides is 3. The van der Waals surface area contributed by atoms with E-state index >= 15 is 0 Å². The molecule has 116 valence electrons. The lowest BCUT2D eigenvalue weighted by Crippen LogP contribution is -2.34. The molecule has 2 N–H and O–H groups in total. The molecule has 0 radical (unpaired) electrons. The van der Waals surface area contributed by atoms with Crippen molar-refractivity contribution in [2.75, 3.05) is 13.1 Å². The summed E-state index contributed by atoms with van der Waals surface area (Å²) >= 11 is 0. The van der Waals surface area contributed by atoms with Crippen LogP contribution in [0.5, 0.6) is 0 Å². The summed E-state index contributed by atoms with van der Waals surface area (Å²) in [5.74, 6) is -2.46. The van der Waals surface area contributed by atoms with Crippen molar-refractivity contribution in [1.82, 2.24) is 10.2 Å². The zero-order chi connectivity index (χ0) is 16.3. The maximum atomic E-state index is 12.2. The number of aliphatic carboxylic acids is 1. The van der Waals surface area contributed by atoms with Gasteiger partial charge in [-0.15, -0.1) is 0 Å².